The molecule has 0 aliphatic heterocycles. The summed E-state index contributed by atoms with van der Waals surface area (Å²) in [6.07, 6.45) is 6.69. The normalized spacial score (nSPS) is 19.3. The Labute approximate surface area is 171 Å². The van der Waals surface area contributed by atoms with Crippen LogP contribution in [0.15, 0.2) is 42.7 Å². The first kappa shape index (κ1) is 18.8. The predicted octanol–water partition coefficient (Wildman–Crippen LogP) is 5.36. The van der Waals surface area contributed by atoms with Crippen molar-refractivity contribution < 1.29 is 9.90 Å². The van der Waals surface area contributed by atoms with Crippen LogP contribution in [0.25, 0.3) is 10.6 Å². The topological polar surface area (TPSA) is 88.0 Å². The fourth-order valence-corrected chi connectivity index (χ4v) is 4.64. The molecule has 0 spiro atoms. The minimum absolute atomic E-state index is 0.208. The minimum atomic E-state index is -0.680. The van der Waals surface area contributed by atoms with Crippen LogP contribution in [0.4, 0.5) is 11.6 Å². The third-order valence-electron chi connectivity index (χ3n) is 4.93. The van der Waals surface area contributed by atoms with E-state index >= 15 is 0 Å². The van der Waals surface area contributed by atoms with E-state index < -0.39 is 5.97 Å². The van der Waals surface area contributed by atoms with Gasteiger partial charge in [0.15, 0.2) is 0 Å². The van der Waals surface area contributed by atoms with Crippen molar-refractivity contribution in [2.24, 2.45) is 5.92 Å². The van der Waals surface area contributed by atoms with Crippen molar-refractivity contribution in [3.05, 3.63) is 52.8 Å². The van der Waals surface area contributed by atoms with Gasteiger partial charge in [-0.25, -0.2) is 15.0 Å². The molecule has 1 saturated carbocycles. The molecule has 4 rings (SSSR count). The zero-order chi connectivity index (χ0) is 19.5. The molecule has 3 aromatic rings. The summed E-state index contributed by atoms with van der Waals surface area (Å²) in [6.45, 7) is 0. The monoisotopic (exact) mass is 414 g/mol. The Morgan fingerprint density at radius 1 is 1.14 bits per heavy atom. The van der Waals surface area contributed by atoms with E-state index in [2.05, 4.69) is 20.3 Å². The maximum atomic E-state index is 11.1. The smallest absolute Gasteiger partial charge is 0.306 e. The zero-order valence-electron chi connectivity index (χ0n) is 15.0. The van der Waals surface area contributed by atoms with Crippen molar-refractivity contribution >= 4 is 40.5 Å². The van der Waals surface area contributed by atoms with Crippen molar-refractivity contribution in [2.45, 2.75) is 31.6 Å². The first-order chi connectivity index (χ1) is 13.6. The Kier molecular flexibility index (Phi) is 5.54. The Bertz CT molecular complexity index is 986. The van der Waals surface area contributed by atoms with Crippen LogP contribution < -0.4 is 5.32 Å². The number of pyridine rings is 2. The molecule has 0 bridgehead atoms. The van der Waals surface area contributed by atoms with Crippen molar-refractivity contribution in [3.8, 4) is 10.6 Å². The average molecular weight is 415 g/mol. The Balaban J connectivity index is 1.47. The highest BCUT2D eigenvalue weighted by Gasteiger charge is 2.28. The number of aromatic nitrogens is 3. The van der Waals surface area contributed by atoms with E-state index in [1.807, 2.05) is 24.4 Å². The van der Waals surface area contributed by atoms with Gasteiger partial charge in [0.1, 0.15) is 11.6 Å². The molecule has 1 fully saturated rings. The van der Waals surface area contributed by atoms with Crippen LogP contribution in [0.3, 0.4) is 0 Å². The van der Waals surface area contributed by atoms with Gasteiger partial charge in [-0.2, -0.15) is 0 Å². The molecule has 2 N–H and O–H groups in total. The molecular formula is C20H19ClN4O2S. The van der Waals surface area contributed by atoms with Crippen LogP contribution in [0.5, 0.6) is 0 Å². The highest BCUT2D eigenvalue weighted by molar-refractivity contribution is 7.15. The van der Waals surface area contributed by atoms with Crippen LogP contribution in [0.1, 0.15) is 36.6 Å². The third-order valence-corrected chi connectivity index (χ3v) is 6.35. The lowest BCUT2D eigenvalue weighted by Gasteiger charge is -2.24. The van der Waals surface area contributed by atoms with Gasteiger partial charge in [0.25, 0.3) is 0 Å². The fourth-order valence-electron chi connectivity index (χ4n) is 3.43. The molecule has 28 heavy (non-hydrogen) atoms. The maximum Gasteiger partial charge on any atom is 0.306 e. The molecule has 1 aliphatic carbocycles. The Morgan fingerprint density at radius 3 is 2.71 bits per heavy atom. The first-order valence-corrected chi connectivity index (χ1v) is 10.3. The summed E-state index contributed by atoms with van der Waals surface area (Å²) in [5.74, 6) is 0.772. The van der Waals surface area contributed by atoms with Gasteiger partial charge in [-0.3, -0.25) is 4.79 Å². The lowest BCUT2D eigenvalue weighted by molar-refractivity contribution is -0.142. The lowest BCUT2D eigenvalue weighted by atomic mass is 9.82. The van der Waals surface area contributed by atoms with Crippen LogP contribution in [0.2, 0.25) is 5.02 Å². The standard InChI is InChI=1S/C20H19ClN4O2S/c21-14-8-9-22-18(10-14)25-17-3-1-2-15(24-17)16-11-23-19(28-16)12-4-6-13(7-5-12)20(26)27/h1-3,8-13H,4-7H2,(H,26,27)(H,22,24,25). The molecule has 0 saturated heterocycles. The van der Waals surface area contributed by atoms with E-state index in [1.165, 1.54) is 0 Å². The molecular weight excluding hydrogens is 396 g/mol. The number of rotatable bonds is 5. The zero-order valence-corrected chi connectivity index (χ0v) is 16.6. The molecule has 0 atom stereocenters. The second-order valence-corrected chi connectivity index (χ2v) is 8.34. The highest BCUT2D eigenvalue weighted by Crippen LogP contribution is 2.39. The Hall–Kier alpha value is -2.51. The van der Waals surface area contributed by atoms with Gasteiger partial charge < -0.3 is 10.4 Å². The number of carboxylic acids is 1. The van der Waals surface area contributed by atoms with Crippen molar-refractivity contribution in [1.82, 2.24) is 15.0 Å². The second-order valence-electron chi connectivity index (χ2n) is 6.84. The third kappa shape index (κ3) is 4.31. The van der Waals surface area contributed by atoms with Gasteiger partial charge in [-0.05, 0) is 49.9 Å². The van der Waals surface area contributed by atoms with Crippen LogP contribution in [-0.4, -0.2) is 26.0 Å². The summed E-state index contributed by atoms with van der Waals surface area (Å²) in [4.78, 5) is 25.6. The number of halogens is 1. The molecule has 3 heterocycles. The molecule has 8 heteroatoms. The number of carboxylic acid groups (broad SMARTS) is 1. The second kappa shape index (κ2) is 8.24. The molecule has 6 nitrogen and oxygen atoms in total. The molecule has 0 radical (unpaired) electrons. The lowest BCUT2D eigenvalue weighted by Crippen LogP contribution is -2.20. The van der Waals surface area contributed by atoms with Crippen molar-refractivity contribution in [1.29, 1.82) is 0 Å². The van der Waals surface area contributed by atoms with E-state index in [0.717, 1.165) is 41.3 Å². The summed E-state index contributed by atoms with van der Waals surface area (Å²) in [6, 6.07) is 9.23. The van der Waals surface area contributed by atoms with Crippen molar-refractivity contribution in [3.63, 3.8) is 0 Å². The van der Waals surface area contributed by atoms with Gasteiger partial charge in [0.05, 0.1) is 21.5 Å². The average Bonchev–Trinajstić information content (AvgIpc) is 3.19. The molecule has 144 valence electrons. The predicted molar refractivity (Wildman–Crippen MR) is 110 cm³/mol. The number of nitrogens with one attached hydrogen (secondary N) is 1. The molecule has 0 aromatic carbocycles. The molecule has 0 unspecified atom stereocenters. The van der Waals surface area contributed by atoms with Crippen molar-refractivity contribution in [2.75, 3.05) is 5.32 Å². The van der Waals surface area contributed by atoms with E-state index in [0.29, 0.717) is 22.6 Å². The number of aliphatic carboxylic acids is 1. The summed E-state index contributed by atoms with van der Waals surface area (Å²) in [5, 5.41) is 14.0. The van der Waals surface area contributed by atoms with Crippen LogP contribution in [-0.2, 0) is 4.79 Å². The van der Waals surface area contributed by atoms with E-state index in [9.17, 15) is 4.79 Å². The summed E-state index contributed by atoms with van der Waals surface area (Å²) in [7, 11) is 0. The number of nitrogens with zero attached hydrogens (tertiary/aromatic N) is 3. The number of hydrogen-bond acceptors (Lipinski definition) is 6. The first-order valence-electron chi connectivity index (χ1n) is 9.13. The van der Waals surface area contributed by atoms with Crippen LogP contribution >= 0.6 is 22.9 Å². The van der Waals surface area contributed by atoms with Gasteiger partial charge in [-0.15, -0.1) is 11.3 Å². The fraction of sp³-hybridized carbons (Fsp3) is 0.300. The quantitative estimate of drug-likeness (QED) is 0.584. The Morgan fingerprint density at radius 2 is 1.96 bits per heavy atom. The minimum Gasteiger partial charge on any atom is -0.481 e. The number of anilines is 2. The number of hydrogen-bond donors (Lipinski definition) is 2. The van der Waals surface area contributed by atoms with E-state index in [-0.39, 0.29) is 5.92 Å². The largest absolute Gasteiger partial charge is 0.481 e. The summed E-state index contributed by atoms with van der Waals surface area (Å²) >= 11 is 7.64. The number of thiazole rings is 1. The summed E-state index contributed by atoms with van der Waals surface area (Å²) < 4.78 is 0. The molecule has 3 aromatic heterocycles. The highest BCUT2D eigenvalue weighted by atomic mass is 35.5. The maximum absolute atomic E-state index is 11.1. The van der Waals surface area contributed by atoms with Gasteiger partial charge >= 0.3 is 5.97 Å². The van der Waals surface area contributed by atoms with Gasteiger partial charge in [0.2, 0.25) is 0 Å². The SMILES string of the molecule is O=C(O)C1CCC(c2ncc(-c3cccc(Nc4cc(Cl)ccn4)n3)s2)CC1. The number of carbonyl (C=O) groups is 1. The summed E-state index contributed by atoms with van der Waals surface area (Å²) in [5.41, 5.74) is 0.843. The van der Waals surface area contributed by atoms with Gasteiger partial charge in [-0.1, -0.05) is 17.7 Å². The molecule has 1 aliphatic rings. The van der Waals surface area contributed by atoms with Crippen LogP contribution in [0, 0.1) is 5.92 Å². The van der Waals surface area contributed by atoms with E-state index in [4.69, 9.17) is 16.7 Å². The van der Waals surface area contributed by atoms with Gasteiger partial charge in [0, 0.05) is 23.3 Å². The molecule has 0 amide bonds. The van der Waals surface area contributed by atoms with E-state index in [1.54, 1.807) is 29.7 Å².